The fraction of sp³-hybridized carbons (Fsp3) is 0.400. The molecular weight excluding hydrogens is 398 g/mol. The van der Waals surface area contributed by atoms with E-state index < -0.39 is 11.6 Å². The van der Waals surface area contributed by atoms with E-state index in [9.17, 15) is 13.6 Å². The molecule has 0 atom stereocenters. The van der Waals surface area contributed by atoms with Crippen LogP contribution in [0.25, 0.3) is 6.08 Å². The summed E-state index contributed by atoms with van der Waals surface area (Å²) >= 11 is 0. The van der Waals surface area contributed by atoms with Crippen LogP contribution in [0.1, 0.15) is 44.2 Å². The molecule has 0 radical (unpaired) electrons. The van der Waals surface area contributed by atoms with E-state index in [4.69, 9.17) is 4.74 Å². The number of hydrogen-bond donors (Lipinski definition) is 1. The average molecular weight is 431 g/mol. The van der Waals surface area contributed by atoms with Gasteiger partial charge in [-0.15, -0.1) is 0 Å². The van der Waals surface area contributed by atoms with Crippen molar-refractivity contribution < 1.29 is 18.3 Å². The van der Waals surface area contributed by atoms with Crippen molar-refractivity contribution in [3.8, 4) is 5.75 Å². The molecule has 0 aliphatic heterocycles. The largest absolute Gasteiger partial charge is 0.496 e. The molecule has 0 aromatic heterocycles. The molecule has 0 aliphatic rings. The molecule has 168 valence electrons. The van der Waals surface area contributed by atoms with Crippen molar-refractivity contribution in [2.75, 3.05) is 32.1 Å². The molecule has 0 saturated carbocycles. The summed E-state index contributed by atoms with van der Waals surface area (Å²) in [4.78, 5) is 14.7. The fourth-order valence-electron chi connectivity index (χ4n) is 3.48. The third-order valence-electron chi connectivity index (χ3n) is 4.92. The van der Waals surface area contributed by atoms with Crippen molar-refractivity contribution in [3.63, 3.8) is 0 Å². The second-order valence-electron chi connectivity index (χ2n) is 7.47. The lowest BCUT2D eigenvalue weighted by Gasteiger charge is -2.21. The predicted octanol–water partition coefficient (Wildman–Crippen LogP) is 5.68. The monoisotopic (exact) mass is 430 g/mol. The second kappa shape index (κ2) is 12.8. The highest BCUT2D eigenvalue weighted by Gasteiger charge is 2.08. The first-order valence-electron chi connectivity index (χ1n) is 10.8. The van der Waals surface area contributed by atoms with Gasteiger partial charge in [-0.1, -0.05) is 19.9 Å². The van der Waals surface area contributed by atoms with E-state index in [0.717, 1.165) is 68.8 Å². The van der Waals surface area contributed by atoms with Crippen LogP contribution in [0.4, 0.5) is 14.5 Å². The van der Waals surface area contributed by atoms with Crippen molar-refractivity contribution >= 4 is 17.7 Å². The van der Waals surface area contributed by atoms with Crippen LogP contribution in [0, 0.1) is 11.6 Å². The van der Waals surface area contributed by atoms with Gasteiger partial charge in [0.2, 0.25) is 5.91 Å². The molecule has 4 nitrogen and oxygen atoms in total. The number of amides is 1. The normalized spacial score (nSPS) is 11.3. The number of nitrogens with one attached hydrogen (secondary N) is 1. The molecular formula is C25H32F2N2O2. The first kappa shape index (κ1) is 24.5. The lowest BCUT2D eigenvalue weighted by molar-refractivity contribution is -0.111. The van der Waals surface area contributed by atoms with Crippen molar-refractivity contribution in [1.29, 1.82) is 0 Å². The third-order valence-corrected chi connectivity index (χ3v) is 4.92. The molecule has 0 heterocycles. The van der Waals surface area contributed by atoms with E-state index in [-0.39, 0.29) is 5.91 Å². The quantitative estimate of drug-likeness (QED) is 0.441. The molecule has 0 bridgehead atoms. The Balaban J connectivity index is 1.99. The van der Waals surface area contributed by atoms with Gasteiger partial charge in [-0.05, 0) is 92.9 Å². The van der Waals surface area contributed by atoms with Gasteiger partial charge in [0, 0.05) is 11.8 Å². The van der Waals surface area contributed by atoms with Gasteiger partial charge in [-0.3, -0.25) is 4.79 Å². The van der Waals surface area contributed by atoms with Crippen molar-refractivity contribution in [1.82, 2.24) is 4.90 Å². The van der Waals surface area contributed by atoms with Crippen LogP contribution in [-0.2, 0) is 11.2 Å². The minimum atomic E-state index is -0.946. The molecule has 6 heteroatoms. The standard InChI is InChI=1S/C25H32F2N2O2/c1-4-14-29(15-5-2)16-6-7-20-18-21(10-12-24(20)31-3)28-25(30)13-9-19-8-11-22(26)23(27)17-19/h8-13,17-18H,4-7,14-16H2,1-3H3,(H,28,30). The lowest BCUT2D eigenvalue weighted by Crippen LogP contribution is -2.26. The Bertz CT molecular complexity index is 878. The molecule has 2 aromatic carbocycles. The molecule has 0 aliphatic carbocycles. The van der Waals surface area contributed by atoms with Crippen LogP contribution in [0.15, 0.2) is 42.5 Å². The molecule has 2 aromatic rings. The highest BCUT2D eigenvalue weighted by Crippen LogP contribution is 2.24. The summed E-state index contributed by atoms with van der Waals surface area (Å²) in [7, 11) is 1.64. The summed E-state index contributed by atoms with van der Waals surface area (Å²) in [5, 5.41) is 2.81. The smallest absolute Gasteiger partial charge is 0.248 e. The van der Waals surface area contributed by atoms with E-state index in [0.29, 0.717) is 11.3 Å². The first-order valence-corrected chi connectivity index (χ1v) is 10.8. The Morgan fingerprint density at radius 1 is 1.03 bits per heavy atom. The van der Waals surface area contributed by atoms with Gasteiger partial charge < -0.3 is 15.0 Å². The summed E-state index contributed by atoms with van der Waals surface area (Å²) in [6, 6.07) is 9.04. The number of methoxy groups -OCH3 is 1. The molecule has 31 heavy (non-hydrogen) atoms. The minimum absolute atomic E-state index is 0.349. The molecule has 0 unspecified atom stereocenters. The van der Waals surface area contributed by atoms with Crippen molar-refractivity contribution in [3.05, 3.63) is 65.2 Å². The highest BCUT2D eigenvalue weighted by molar-refractivity contribution is 6.02. The highest BCUT2D eigenvalue weighted by atomic mass is 19.2. The summed E-state index contributed by atoms with van der Waals surface area (Å²) in [6.07, 6.45) is 6.87. The number of halogens is 2. The van der Waals surface area contributed by atoms with Crippen LogP contribution in [0.5, 0.6) is 5.75 Å². The summed E-state index contributed by atoms with van der Waals surface area (Å²) < 4.78 is 31.8. The van der Waals surface area contributed by atoms with Gasteiger partial charge in [0.1, 0.15) is 5.75 Å². The van der Waals surface area contributed by atoms with E-state index in [2.05, 4.69) is 24.1 Å². The molecule has 0 spiro atoms. The zero-order valence-electron chi connectivity index (χ0n) is 18.6. The predicted molar refractivity (Wildman–Crippen MR) is 122 cm³/mol. The van der Waals surface area contributed by atoms with Crippen LogP contribution in [-0.4, -0.2) is 37.6 Å². The Morgan fingerprint density at radius 3 is 2.42 bits per heavy atom. The van der Waals surface area contributed by atoms with E-state index in [1.54, 1.807) is 13.2 Å². The number of benzene rings is 2. The van der Waals surface area contributed by atoms with E-state index in [1.165, 1.54) is 18.2 Å². The number of nitrogens with zero attached hydrogens (tertiary/aromatic N) is 1. The maximum absolute atomic E-state index is 13.3. The number of aryl methyl sites for hydroxylation is 1. The maximum Gasteiger partial charge on any atom is 0.248 e. The minimum Gasteiger partial charge on any atom is -0.496 e. The zero-order chi connectivity index (χ0) is 22.6. The number of anilines is 1. The van der Waals surface area contributed by atoms with Crippen LogP contribution < -0.4 is 10.1 Å². The molecule has 1 N–H and O–H groups in total. The maximum atomic E-state index is 13.3. The molecule has 0 fully saturated rings. The second-order valence-corrected chi connectivity index (χ2v) is 7.47. The van der Waals surface area contributed by atoms with E-state index in [1.807, 2.05) is 12.1 Å². The average Bonchev–Trinajstić information content (AvgIpc) is 2.75. The molecule has 2 rings (SSSR count). The Hall–Kier alpha value is -2.73. The van der Waals surface area contributed by atoms with Crippen LogP contribution in [0.2, 0.25) is 0 Å². The third kappa shape index (κ3) is 8.13. The van der Waals surface area contributed by atoms with Gasteiger partial charge in [0.05, 0.1) is 7.11 Å². The summed E-state index contributed by atoms with van der Waals surface area (Å²) in [6.45, 7) is 7.62. The Labute approximate surface area is 183 Å². The van der Waals surface area contributed by atoms with Gasteiger partial charge in [-0.2, -0.15) is 0 Å². The Morgan fingerprint density at radius 2 is 1.77 bits per heavy atom. The molecule has 1 amide bonds. The van der Waals surface area contributed by atoms with Gasteiger partial charge in [0.15, 0.2) is 11.6 Å². The number of rotatable bonds is 12. The van der Waals surface area contributed by atoms with Crippen LogP contribution >= 0.6 is 0 Å². The number of hydrogen-bond acceptors (Lipinski definition) is 3. The molecule has 0 saturated heterocycles. The van der Waals surface area contributed by atoms with Crippen molar-refractivity contribution in [2.45, 2.75) is 39.5 Å². The van der Waals surface area contributed by atoms with Crippen LogP contribution in [0.3, 0.4) is 0 Å². The van der Waals surface area contributed by atoms with Gasteiger partial charge in [0.25, 0.3) is 0 Å². The number of carbonyl (C=O) groups excluding carboxylic acids is 1. The Kier molecular flexibility index (Phi) is 10.2. The number of ether oxygens (including phenoxy) is 1. The van der Waals surface area contributed by atoms with Gasteiger partial charge in [-0.25, -0.2) is 8.78 Å². The first-order chi connectivity index (χ1) is 15.0. The fourth-order valence-corrected chi connectivity index (χ4v) is 3.48. The van der Waals surface area contributed by atoms with Crippen molar-refractivity contribution in [2.24, 2.45) is 0 Å². The van der Waals surface area contributed by atoms with Gasteiger partial charge >= 0.3 is 0 Å². The topological polar surface area (TPSA) is 41.6 Å². The summed E-state index contributed by atoms with van der Waals surface area (Å²) in [5.74, 6) is -1.41. The lowest BCUT2D eigenvalue weighted by atomic mass is 10.1. The van der Waals surface area contributed by atoms with E-state index >= 15 is 0 Å². The zero-order valence-corrected chi connectivity index (χ0v) is 18.6. The SMILES string of the molecule is CCCN(CCC)CCCc1cc(NC(=O)C=Cc2ccc(F)c(F)c2)ccc1OC. The number of carbonyl (C=O) groups is 1. The summed E-state index contributed by atoms with van der Waals surface area (Å²) in [5.41, 5.74) is 2.11.